The van der Waals surface area contributed by atoms with Gasteiger partial charge < -0.3 is 30.0 Å². The van der Waals surface area contributed by atoms with Crippen LogP contribution in [0, 0.1) is 0 Å². The highest BCUT2D eigenvalue weighted by atomic mass is 16.5. The van der Waals surface area contributed by atoms with E-state index >= 15 is 0 Å². The van der Waals surface area contributed by atoms with E-state index in [0.717, 1.165) is 33.7 Å². The van der Waals surface area contributed by atoms with E-state index in [4.69, 9.17) is 9.15 Å². The largest absolute Gasteiger partial charge is 0.497 e. The van der Waals surface area contributed by atoms with Crippen molar-refractivity contribution in [2.24, 2.45) is 0 Å². The number of furan rings is 1. The summed E-state index contributed by atoms with van der Waals surface area (Å²) in [5, 5.41) is 9.28. The molecule has 3 aromatic carbocycles. The molecule has 0 fully saturated rings. The monoisotopic (exact) mass is 622 g/mol. The predicted octanol–water partition coefficient (Wildman–Crippen LogP) is 5.63. The van der Waals surface area contributed by atoms with Gasteiger partial charge in [0.05, 0.1) is 26.5 Å². The smallest absolute Gasteiger partial charge is 0.251 e. The standard InChI is InChI=1S/C37H42N4O5/c1-5-38-35(43)31-11-7-6-10-30(31)26-14-12-25(13-15-26)24-41-33-19-17-28(45-4)21-27(33)16-18-32(36(41)44)40-34(42)22-37(2,3)39-23-29-9-8-20-46-29/h6-15,17,19-21,32,39H,5,16,18,22-24H2,1-4H3,(H,38,43)(H,40,42). The van der Waals surface area contributed by atoms with Gasteiger partial charge in [-0.3, -0.25) is 14.4 Å². The number of hydrogen-bond donors (Lipinski definition) is 3. The van der Waals surface area contributed by atoms with Crippen molar-refractivity contribution in [2.75, 3.05) is 18.6 Å². The summed E-state index contributed by atoms with van der Waals surface area (Å²) in [7, 11) is 1.62. The maximum Gasteiger partial charge on any atom is 0.251 e. The lowest BCUT2D eigenvalue weighted by Gasteiger charge is -2.29. The number of amides is 3. The van der Waals surface area contributed by atoms with Gasteiger partial charge in [-0.25, -0.2) is 0 Å². The quantitative estimate of drug-likeness (QED) is 0.189. The molecule has 1 unspecified atom stereocenters. The van der Waals surface area contributed by atoms with Crippen molar-refractivity contribution in [2.45, 2.75) is 64.7 Å². The van der Waals surface area contributed by atoms with Crippen LogP contribution < -0.4 is 25.6 Å². The van der Waals surface area contributed by atoms with E-state index in [9.17, 15) is 14.4 Å². The molecule has 2 heterocycles. The van der Waals surface area contributed by atoms with Crippen molar-refractivity contribution in [3.63, 3.8) is 0 Å². The second-order valence-corrected chi connectivity index (χ2v) is 12.2. The van der Waals surface area contributed by atoms with E-state index in [1.807, 2.05) is 99.6 Å². The van der Waals surface area contributed by atoms with Gasteiger partial charge in [0, 0.05) is 29.8 Å². The summed E-state index contributed by atoms with van der Waals surface area (Å²) in [6, 6.07) is 24.2. The van der Waals surface area contributed by atoms with Crippen LogP contribution in [0.1, 0.15) is 60.9 Å². The van der Waals surface area contributed by atoms with E-state index in [2.05, 4.69) is 16.0 Å². The number of methoxy groups -OCH3 is 1. The van der Waals surface area contributed by atoms with Crippen LogP contribution in [-0.4, -0.2) is 43.0 Å². The number of fused-ring (bicyclic) bond motifs is 1. The van der Waals surface area contributed by atoms with Gasteiger partial charge in [-0.15, -0.1) is 0 Å². The summed E-state index contributed by atoms with van der Waals surface area (Å²) in [4.78, 5) is 41.8. The molecule has 0 radical (unpaired) electrons. The molecule has 3 N–H and O–H groups in total. The topological polar surface area (TPSA) is 113 Å². The third kappa shape index (κ3) is 7.84. The van der Waals surface area contributed by atoms with Crippen LogP contribution >= 0.6 is 0 Å². The Labute approximate surface area is 270 Å². The minimum Gasteiger partial charge on any atom is -0.497 e. The molecule has 5 rings (SSSR count). The first-order valence-corrected chi connectivity index (χ1v) is 15.7. The van der Waals surface area contributed by atoms with E-state index in [1.54, 1.807) is 18.3 Å². The van der Waals surface area contributed by atoms with Gasteiger partial charge in [0.1, 0.15) is 17.6 Å². The summed E-state index contributed by atoms with van der Waals surface area (Å²) in [6.45, 7) is 7.17. The number of anilines is 1. The van der Waals surface area contributed by atoms with Crippen LogP contribution in [-0.2, 0) is 29.1 Å². The first kappa shape index (κ1) is 32.5. The average Bonchev–Trinajstić information content (AvgIpc) is 3.55. The third-order valence-corrected chi connectivity index (χ3v) is 8.22. The summed E-state index contributed by atoms with van der Waals surface area (Å²) in [6.07, 6.45) is 2.89. The second-order valence-electron chi connectivity index (χ2n) is 12.2. The molecular formula is C37H42N4O5. The molecule has 1 aliphatic heterocycles. The van der Waals surface area contributed by atoms with Gasteiger partial charge in [-0.05, 0) is 92.3 Å². The van der Waals surface area contributed by atoms with Crippen molar-refractivity contribution >= 4 is 23.4 Å². The fourth-order valence-corrected chi connectivity index (χ4v) is 5.79. The average molecular weight is 623 g/mol. The number of carbonyl (C=O) groups excluding carboxylic acids is 3. The number of carbonyl (C=O) groups is 3. The number of benzene rings is 3. The van der Waals surface area contributed by atoms with Gasteiger partial charge in [-0.2, -0.15) is 0 Å². The lowest BCUT2D eigenvalue weighted by atomic mass is 9.98. The molecule has 1 atom stereocenters. The Morgan fingerprint density at radius 3 is 2.52 bits per heavy atom. The molecule has 0 saturated carbocycles. The highest BCUT2D eigenvalue weighted by Gasteiger charge is 2.33. The number of nitrogens with zero attached hydrogens (tertiary/aromatic N) is 1. The molecule has 46 heavy (non-hydrogen) atoms. The number of hydrogen-bond acceptors (Lipinski definition) is 6. The molecule has 0 saturated heterocycles. The van der Waals surface area contributed by atoms with Crippen LogP contribution in [0.15, 0.2) is 89.5 Å². The minimum absolute atomic E-state index is 0.117. The zero-order chi connectivity index (χ0) is 32.7. The molecule has 9 heteroatoms. The van der Waals surface area contributed by atoms with Gasteiger partial charge in [-0.1, -0.05) is 42.5 Å². The Morgan fingerprint density at radius 2 is 1.80 bits per heavy atom. The molecule has 3 amide bonds. The van der Waals surface area contributed by atoms with Gasteiger partial charge in [0.15, 0.2) is 0 Å². The van der Waals surface area contributed by atoms with Crippen molar-refractivity contribution in [1.29, 1.82) is 0 Å². The number of ether oxygens (including phenoxy) is 1. The number of aryl methyl sites for hydroxylation is 1. The lowest BCUT2D eigenvalue weighted by Crippen LogP contribution is -2.50. The fourth-order valence-electron chi connectivity index (χ4n) is 5.79. The molecule has 1 aliphatic rings. The Morgan fingerprint density at radius 1 is 1.02 bits per heavy atom. The number of nitrogens with one attached hydrogen (secondary N) is 3. The molecule has 1 aromatic heterocycles. The van der Waals surface area contributed by atoms with Crippen molar-refractivity contribution in [1.82, 2.24) is 16.0 Å². The van der Waals surface area contributed by atoms with Gasteiger partial charge >= 0.3 is 0 Å². The molecule has 0 bridgehead atoms. The molecule has 0 spiro atoms. The molecule has 0 aliphatic carbocycles. The molecular weight excluding hydrogens is 580 g/mol. The van der Waals surface area contributed by atoms with E-state index in [1.165, 1.54) is 0 Å². The van der Waals surface area contributed by atoms with Crippen molar-refractivity contribution in [3.05, 3.63) is 108 Å². The maximum absolute atomic E-state index is 14.1. The minimum atomic E-state index is -0.685. The van der Waals surface area contributed by atoms with E-state index in [0.29, 0.717) is 43.8 Å². The summed E-state index contributed by atoms with van der Waals surface area (Å²) in [5.41, 5.74) is 4.55. The number of rotatable bonds is 12. The summed E-state index contributed by atoms with van der Waals surface area (Å²) < 4.78 is 10.9. The summed E-state index contributed by atoms with van der Waals surface area (Å²) in [5.74, 6) is 1.02. The maximum atomic E-state index is 14.1. The Balaban J connectivity index is 1.34. The van der Waals surface area contributed by atoms with Crippen LogP contribution in [0.25, 0.3) is 11.1 Å². The second kappa shape index (κ2) is 14.5. The molecule has 240 valence electrons. The van der Waals surface area contributed by atoms with E-state index in [-0.39, 0.29) is 24.1 Å². The Kier molecular flexibility index (Phi) is 10.2. The Bertz CT molecular complexity index is 1660. The van der Waals surface area contributed by atoms with Crippen molar-refractivity contribution in [3.8, 4) is 16.9 Å². The van der Waals surface area contributed by atoms with Crippen molar-refractivity contribution < 1.29 is 23.5 Å². The fraction of sp³-hybridized carbons (Fsp3) is 0.324. The zero-order valence-corrected chi connectivity index (χ0v) is 26.9. The highest BCUT2D eigenvalue weighted by Crippen LogP contribution is 2.32. The molecule has 9 nitrogen and oxygen atoms in total. The normalized spacial score (nSPS) is 14.7. The zero-order valence-electron chi connectivity index (χ0n) is 26.9. The van der Waals surface area contributed by atoms with Gasteiger partial charge in [0.2, 0.25) is 11.8 Å². The first-order chi connectivity index (χ1) is 22.2. The Hall–Kier alpha value is -4.89. The third-order valence-electron chi connectivity index (χ3n) is 8.22. The van der Waals surface area contributed by atoms with Gasteiger partial charge in [0.25, 0.3) is 5.91 Å². The lowest BCUT2D eigenvalue weighted by molar-refractivity contribution is -0.128. The van der Waals surface area contributed by atoms with Crippen LogP contribution in [0.3, 0.4) is 0 Å². The highest BCUT2D eigenvalue weighted by molar-refractivity contribution is 6.01. The van der Waals surface area contributed by atoms with Crippen LogP contribution in [0.2, 0.25) is 0 Å². The van der Waals surface area contributed by atoms with E-state index < -0.39 is 11.6 Å². The first-order valence-electron chi connectivity index (χ1n) is 15.7. The molecule has 4 aromatic rings. The predicted molar refractivity (Wildman–Crippen MR) is 179 cm³/mol. The summed E-state index contributed by atoms with van der Waals surface area (Å²) >= 11 is 0. The van der Waals surface area contributed by atoms with Crippen LogP contribution in [0.4, 0.5) is 5.69 Å². The van der Waals surface area contributed by atoms with Crippen LogP contribution in [0.5, 0.6) is 5.75 Å². The SMILES string of the molecule is CCNC(=O)c1ccccc1-c1ccc(CN2C(=O)C(NC(=O)CC(C)(C)NCc3ccco3)CCc3cc(OC)ccc32)cc1.